The molecule has 0 aliphatic heterocycles. The number of hydrogen-bond acceptors (Lipinski definition) is 2. The Morgan fingerprint density at radius 2 is 1.73 bits per heavy atom. The zero-order valence-electron chi connectivity index (χ0n) is 14.1. The molecule has 2 rings (SSSR count). The standard InChI is InChI=1S/C19H29NO.ClH/c1-4-5-6-7-8-9-12-20-17-11-10-16-14(2)13-15(3)19(21)18(16)17;/h10-11,13,17,20-21H,4-9,12H2,1-3H3;1H. The topological polar surface area (TPSA) is 32.3 Å². The first-order chi connectivity index (χ1) is 10.1. The van der Waals surface area contributed by atoms with E-state index in [0.717, 1.165) is 17.7 Å². The molecule has 1 unspecified atom stereocenters. The molecule has 0 heterocycles. The van der Waals surface area contributed by atoms with Crippen molar-refractivity contribution in [2.24, 2.45) is 0 Å². The molecule has 1 aliphatic rings. The normalized spacial score (nSPS) is 15.7. The van der Waals surface area contributed by atoms with Gasteiger partial charge in [0, 0.05) is 5.56 Å². The number of benzene rings is 1. The number of halogens is 1. The summed E-state index contributed by atoms with van der Waals surface area (Å²) >= 11 is 0. The van der Waals surface area contributed by atoms with Crippen LogP contribution in [-0.2, 0) is 0 Å². The van der Waals surface area contributed by atoms with Crippen molar-refractivity contribution in [2.45, 2.75) is 65.3 Å². The highest BCUT2D eigenvalue weighted by molar-refractivity contribution is 5.85. The van der Waals surface area contributed by atoms with E-state index in [4.69, 9.17) is 0 Å². The summed E-state index contributed by atoms with van der Waals surface area (Å²) in [5.41, 5.74) is 4.48. The lowest BCUT2D eigenvalue weighted by Gasteiger charge is -2.17. The third-order valence-corrected chi connectivity index (χ3v) is 4.44. The summed E-state index contributed by atoms with van der Waals surface area (Å²) in [6.45, 7) is 7.37. The highest BCUT2D eigenvalue weighted by Gasteiger charge is 2.23. The minimum absolute atomic E-state index is 0. The summed E-state index contributed by atoms with van der Waals surface area (Å²) < 4.78 is 0. The van der Waals surface area contributed by atoms with Gasteiger partial charge in [-0.25, -0.2) is 0 Å². The average Bonchev–Trinajstić information content (AvgIpc) is 2.88. The number of hydrogen-bond donors (Lipinski definition) is 2. The highest BCUT2D eigenvalue weighted by Crippen LogP contribution is 2.39. The summed E-state index contributed by atoms with van der Waals surface area (Å²) in [5.74, 6) is 0.459. The fraction of sp³-hybridized carbons (Fsp3) is 0.579. The third kappa shape index (κ3) is 4.50. The van der Waals surface area contributed by atoms with Crippen LogP contribution in [-0.4, -0.2) is 11.7 Å². The number of aryl methyl sites for hydroxylation is 2. The van der Waals surface area contributed by atoms with Crippen LogP contribution in [0.2, 0.25) is 0 Å². The molecule has 2 nitrogen and oxygen atoms in total. The number of phenolic OH excluding ortho intramolecular Hbond substituents is 1. The molecule has 0 saturated heterocycles. The number of fused-ring (bicyclic) bond motifs is 1. The molecule has 1 atom stereocenters. The first-order valence-electron chi connectivity index (χ1n) is 8.39. The second-order valence-electron chi connectivity index (χ2n) is 6.24. The molecular weight excluding hydrogens is 294 g/mol. The van der Waals surface area contributed by atoms with E-state index in [0.29, 0.717) is 5.75 Å². The first-order valence-corrected chi connectivity index (χ1v) is 8.39. The second-order valence-corrected chi connectivity index (χ2v) is 6.24. The van der Waals surface area contributed by atoms with Crippen LogP contribution in [0.4, 0.5) is 0 Å². The van der Waals surface area contributed by atoms with Gasteiger partial charge in [0.15, 0.2) is 0 Å². The first kappa shape index (κ1) is 19.1. The molecule has 0 fully saturated rings. The third-order valence-electron chi connectivity index (χ3n) is 4.44. The minimum atomic E-state index is 0. The zero-order chi connectivity index (χ0) is 15.2. The smallest absolute Gasteiger partial charge is 0.124 e. The van der Waals surface area contributed by atoms with Crippen LogP contribution < -0.4 is 5.32 Å². The number of unbranched alkanes of at least 4 members (excludes halogenated alkanes) is 5. The summed E-state index contributed by atoms with van der Waals surface area (Å²) in [6, 6.07) is 2.24. The maximum absolute atomic E-state index is 10.3. The number of phenols is 1. The van der Waals surface area contributed by atoms with Crippen LogP contribution in [0, 0.1) is 13.8 Å². The van der Waals surface area contributed by atoms with Crippen molar-refractivity contribution in [3.05, 3.63) is 34.4 Å². The Kier molecular flexibility index (Phi) is 7.98. The van der Waals surface area contributed by atoms with E-state index in [1.165, 1.54) is 49.7 Å². The van der Waals surface area contributed by atoms with E-state index in [2.05, 4.69) is 37.4 Å². The Hall–Kier alpha value is -0.990. The fourth-order valence-electron chi connectivity index (χ4n) is 3.18. The highest BCUT2D eigenvalue weighted by atomic mass is 35.5. The van der Waals surface area contributed by atoms with Crippen molar-refractivity contribution >= 4 is 18.5 Å². The van der Waals surface area contributed by atoms with E-state index in [1.54, 1.807) is 0 Å². The van der Waals surface area contributed by atoms with Gasteiger partial charge >= 0.3 is 0 Å². The van der Waals surface area contributed by atoms with Gasteiger partial charge in [0.2, 0.25) is 0 Å². The average molecular weight is 324 g/mol. The minimum Gasteiger partial charge on any atom is -0.507 e. The maximum Gasteiger partial charge on any atom is 0.124 e. The number of aromatic hydroxyl groups is 1. The fourth-order valence-corrected chi connectivity index (χ4v) is 3.18. The molecule has 22 heavy (non-hydrogen) atoms. The molecule has 0 radical (unpaired) electrons. The van der Waals surface area contributed by atoms with Gasteiger partial charge in [-0.3, -0.25) is 0 Å². The Balaban J connectivity index is 0.00000242. The predicted molar refractivity (Wildman–Crippen MR) is 98.0 cm³/mol. The van der Waals surface area contributed by atoms with Gasteiger partial charge in [0.05, 0.1) is 6.04 Å². The van der Waals surface area contributed by atoms with Gasteiger partial charge in [-0.05, 0) is 43.5 Å². The predicted octanol–water partition coefficient (Wildman–Crippen LogP) is 5.45. The van der Waals surface area contributed by atoms with Crippen LogP contribution in [0.15, 0.2) is 12.1 Å². The van der Waals surface area contributed by atoms with Gasteiger partial charge in [-0.2, -0.15) is 0 Å². The van der Waals surface area contributed by atoms with Crippen LogP contribution in [0.3, 0.4) is 0 Å². The van der Waals surface area contributed by atoms with Gasteiger partial charge < -0.3 is 10.4 Å². The molecule has 1 aliphatic carbocycles. The Morgan fingerprint density at radius 3 is 2.45 bits per heavy atom. The molecule has 0 aromatic heterocycles. The summed E-state index contributed by atoms with van der Waals surface area (Å²) in [4.78, 5) is 0. The van der Waals surface area contributed by atoms with E-state index in [-0.39, 0.29) is 18.4 Å². The van der Waals surface area contributed by atoms with Crippen molar-refractivity contribution in [1.82, 2.24) is 5.32 Å². The van der Waals surface area contributed by atoms with Crippen molar-refractivity contribution in [3.8, 4) is 5.75 Å². The molecular formula is C19H30ClNO. The van der Waals surface area contributed by atoms with Crippen molar-refractivity contribution in [3.63, 3.8) is 0 Å². The maximum atomic E-state index is 10.3. The molecule has 0 amide bonds. The Labute approximate surface area is 141 Å². The van der Waals surface area contributed by atoms with Crippen LogP contribution in [0.25, 0.3) is 6.08 Å². The molecule has 3 heteroatoms. The van der Waals surface area contributed by atoms with Gasteiger partial charge in [0.25, 0.3) is 0 Å². The van der Waals surface area contributed by atoms with E-state index < -0.39 is 0 Å². The van der Waals surface area contributed by atoms with E-state index in [9.17, 15) is 5.11 Å². The van der Waals surface area contributed by atoms with Crippen molar-refractivity contribution in [2.75, 3.05) is 6.54 Å². The monoisotopic (exact) mass is 323 g/mol. The van der Waals surface area contributed by atoms with Crippen LogP contribution >= 0.6 is 12.4 Å². The Morgan fingerprint density at radius 1 is 1.05 bits per heavy atom. The van der Waals surface area contributed by atoms with Gasteiger partial charge in [-0.15, -0.1) is 12.4 Å². The van der Waals surface area contributed by atoms with Crippen LogP contribution in [0.5, 0.6) is 5.75 Å². The quantitative estimate of drug-likeness (QED) is 0.623. The lowest BCUT2D eigenvalue weighted by molar-refractivity contribution is 0.454. The largest absolute Gasteiger partial charge is 0.507 e. The molecule has 2 N–H and O–H groups in total. The van der Waals surface area contributed by atoms with Crippen molar-refractivity contribution < 1.29 is 5.11 Å². The molecule has 0 spiro atoms. The molecule has 0 bridgehead atoms. The lowest BCUT2D eigenvalue weighted by atomic mass is 9.97. The lowest BCUT2D eigenvalue weighted by Crippen LogP contribution is -2.20. The van der Waals surface area contributed by atoms with E-state index in [1.807, 2.05) is 6.92 Å². The molecule has 1 aromatic rings. The van der Waals surface area contributed by atoms with Crippen LogP contribution in [0.1, 0.15) is 73.7 Å². The number of nitrogens with one attached hydrogen (secondary N) is 1. The second kappa shape index (κ2) is 9.22. The zero-order valence-corrected chi connectivity index (χ0v) is 14.9. The SMILES string of the molecule is CCCCCCCCNC1C=Cc2c(C)cc(C)c(O)c21.Cl. The molecule has 1 aromatic carbocycles. The molecule has 0 saturated carbocycles. The number of rotatable bonds is 8. The summed E-state index contributed by atoms with van der Waals surface area (Å²) in [7, 11) is 0. The Bertz CT molecular complexity index is 511. The van der Waals surface area contributed by atoms with Gasteiger partial charge in [-0.1, -0.05) is 57.2 Å². The molecule has 124 valence electrons. The van der Waals surface area contributed by atoms with E-state index >= 15 is 0 Å². The van der Waals surface area contributed by atoms with Crippen molar-refractivity contribution in [1.29, 1.82) is 0 Å². The summed E-state index contributed by atoms with van der Waals surface area (Å²) in [6.07, 6.45) is 12.2. The summed E-state index contributed by atoms with van der Waals surface area (Å²) in [5, 5.41) is 13.9. The van der Waals surface area contributed by atoms with Gasteiger partial charge in [0.1, 0.15) is 5.75 Å².